The molecule has 2 aromatic rings. The lowest BCUT2D eigenvalue weighted by atomic mass is 10.0. The van der Waals surface area contributed by atoms with E-state index in [2.05, 4.69) is 10.4 Å². The van der Waals surface area contributed by atoms with Crippen LogP contribution in [0.15, 0.2) is 47.6 Å². The highest BCUT2D eigenvalue weighted by atomic mass is 35.5. The third-order valence-electron chi connectivity index (χ3n) is 4.12. The lowest BCUT2D eigenvalue weighted by Gasteiger charge is -2.32. The number of hydrazone groups is 1. The summed E-state index contributed by atoms with van der Waals surface area (Å²) in [5.41, 5.74) is 1.14. The van der Waals surface area contributed by atoms with Crippen molar-refractivity contribution in [3.05, 3.63) is 58.6 Å². The second kappa shape index (κ2) is 7.67. The number of ether oxygens (including phenoxy) is 2. The molecule has 0 aromatic heterocycles. The summed E-state index contributed by atoms with van der Waals surface area (Å²) in [5.74, 6) is 0.501. The molecule has 0 fully saturated rings. The van der Waals surface area contributed by atoms with Crippen molar-refractivity contribution in [2.75, 3.05) is 14.2 Å². The lowest BCUT2D eigenvalue weighted by Crippen LogP contribution is -2.48. The molecule has 1 atom stereocenters. The zero-order valence-corrected chi connectivity index (χ0v) is 15.8. The predicted molar refractivity (Wildman–Crippen MR) is 101 cm³/mol. The Morgan fingerprint density at radius 3 is 2.44 bits per heavy atom. The molecular weight excluding hydrogens is 370 g/mol. The van der Waals surface area contributed by atoms with Crippen molar-refractivity contribution in [2.45, 2.75) is 13.0 Å². The van der Waals surface area contributed by atoms with Gasteiger partial charge in [-0.15, -0.1) is 0 Å². The van der Waals surface area contributed by atoms with Crippen LogP contribution in [-0.2, 0) is 9.59 Å². The standard InChI is InChI=1S/C19H18ClN3O4/c1-11(24)23-17(15-9-8-14(26-2)10-16(15)27-3)19(25)21-18(22-23)12-4-6-13(20)7-5-12/h4-10,17H,1-3H3,(H,21,22,25). The summed E-state index contributed by atoms with van der Waals surface area (Å²) in [5, 5.41) is 8.81. The maximum Gasteiger partial charge on any atom is 0.255 e. The second-order valence-electron chi connectivity index (χ2n) is 5.82. The van der Waals surface area contributed by atoms with Crippen molar-refractivity contribution in [1.82, 2.24) is 10.3 Å². The van der Waals surface area contributed by atoms with Gasteiger partial charge in [-0.1, -0.05) is 11.6 Å². The van der Waals surface area contributed by atoms with Crippen LogP contribution < -0.4 is 14.8 Å². The minimum absolute atomic E-state index is 0.274. The lowest BCUT2D eigenvalue weighted by molar-refractivity contribution is -0.139. The topological polar surface area (TPSA) is 80.2 Å². The van der Waals surface area contributed by atoms with Crippen LogP contribution >= 0.6 is 11.6 Å². The van der Waals surface area contributed by atoms with Crippen LogP contribution in [0.2, 0.25) is 5.02 Å². The number of carbonyl (C=O) groups excluding carboxylic acids is 2. The number of hydrogen-bond acceptors (Lipinski definition) is 5. The Kier molecular flexibility index (Phi) is 5.32. The highest BCUT2D eigenvalue weighted by Gasteiger charge is 2.37. The number of hydrogen-bond donors (Lipinski definition) is 1. The molecule has 1 aliphatic heterocycles. The van der Waals surface area contributed by atoms with Gasteiger partial charge in [-0.25, -0.2) is 5.01 Å². The summed E-state index contributed by atoms with van der Waals surface area (Å²) in [7, 11) is 3.02. The van der Waals surface area contributed by atoms with Crippen LogP contribution in [0.4, 0.5) is 0 Å². The monoisotopic (exact) mass is 387 g/mol. The summed E-state index contributed by atoms with van der Waals surface area (Å²) in [6, 6.07) is 10.9. The minimum atomic E-state index is -0.959. The van der Waals surface area contributed by atoms with Crippen molar-refractivity contribution < 1.29 is 19.1 Å². The third kappa shape index (κ3) is 3.73. The molecule has 3 rings (SSSR count). The fourth-order valence-electron chi connectivity index (χ4n) is 2.79. The molecule has 1 aliphatic rings. The van der Waals surface area contributed by atoms with Crippen molar-refractivity contribution in [2.24, 2.45) is 5.10 Å². The second-order valence-corrected chi connectivity index (χ2v) is 6.26. The maximum atomic E-state index is 12.9. The van der Waals surface area contributed by atoms with E-state index < -0.39 is 11.9 Å². The maximum absolute atomic E-state index is 12.9. The van der Waals surface area contributed by atoms with Gasteiger partial charge in [0.15, 0.2) is 11.9 Å². The summed E-state index contributed by atoms with van der Waals surface area (Å²) >= 11 is 5.90. The summed E-state index contributed by atoms with van der Waals surface area (Å²) < 4.78 is 10.6. The first-order valence-electron chi connectivity index (χ1n) is 8.11. The van der Waals surface area contributed by atoms with E-state index in [1.54, 1.807) is 42.5 Å². The molecule has 7 nitrogen and oxygen atoms in total. The van der Waals surface area contributed by atoms with Crippen molar-refractivity contribution >= 4 is 29.3 Å². The third-order valence-corrected chi connectivity index (χ3v) is 4.37. The van der Waals surface area contributed by atoms with Gasteiger partial charge in [0.05, 0.1) is 14.2 Å². The molecule has 140 valence electrons. The van der Waals surface area contributed by atoms with E-state index in [-0.39, 0.29) is 11.7 Å². The van der Waals surface area contributed by atoms with E-state index in [0.717, 1.165) is 5.01 Å². The summed E-state index contributed by atoms with van der Waals surface area (Å²) in [6.07, 6.45) is 0. The number of amides is 2. The molecule has 0 aliphatic carbocycles. The Hall–Kier alpha value is -3.06. The first-order valence-corrected chi connectivity index (χ1v) is 8.49. The van der Waals surface area contributed by atoms with Crippen LogP contribution in [0.5, 0.6) is 11.5 Å². The smallest absolute Gasteiger partial charge is 0.255 e. The summed E-state index contributed by atoms with van der Waals surface area (Å²) in [4.78, 5) is 25.1. The van der Waals surface area contributed by atoms with E-state index in [9.17, 15) is 9.59 Å². The van der Waals surface area contributed by atoms with E-state index >= 15 is 0 Å². The molecule has 1 heterocycles. The quantitative estimate of drug-likeness (QED) is 0.874. The molecule has 0 saturated heterocycles. The average Bonchev–Trinajstić information content (AvgIpc) is 2.67. The fraction of sp³-hybridized carbons (Fsp3) is 0.211. The number of carbonyl (C=O) groups is 2. The molecule has 0 bridgehead atoms. The molecule has 0 spiro atoms. The largest absolute Gasteiger partial charge is 0.497 e. The van der Waals surface area contributed by atoms with Gasteiger partial charge in [0.1, 0.15) is 11.5 Å². The van der Waals surface area contributed by atoms with Gasteiger partial charge in [0.25, 0.3) is 5.91 Å². The zero-order valence-electron chi connectivity index (χ0n) is 15.0. The Morgan fingerprint density at radius 1 is 1.15 bits per heavy atom. The van der Waals surface area contributed by atoms with Crippen LogP contribution in [-0.4, -0.2) is 36.9 Å². The Morgan fingerprint density at radius 2 is 1.85 bits per heavy atom. The Balaban J connectivity index is 2.06. The van der Waals surface area contributed by atoms with Gasteiger partial charge in [-0.05, 0) is 36.4 Å². The summed E-state index contributed by atoms with van der Waals surface area (Å²) in [6.45, 7) is 1.35. The molecular formula is C19H18ClN3O4. The van der Waals surface area contributed by atoms with Crippen LogP contribution in [0.1, 0.15) is 24.1 Å². The number of methoxy groups -OCH3 is 2. The normalized spacial score (nSPS) is 16.4. The Labute approximate surface area is 161 Å². The van der Waals surface area contributed by atoms with E-state index in [1.807, 2.05) is 0 Å². The number of amidine groups is 1. The van der Waals surface area contributed by atoms with Crippen LogP contribution in [0.25, 0.3) is 0 Å². The van der Waals surface area contributed by atoms with Gasteiger partial charge >= 0.3 is 0 Å². The highest BCUT2D eigenvalue weighted by molar-refractivity contribution is 6.30. The van der Waals surface area contributed by atoms with Crippen LogP contribution in [0, 0.1) is 0 Å². The van der Waals surface area contributed by atoms with Gasteiger partial charge in [-0.3, -0.25) is 9.59 Å². The molecule has 8 heteroatoms. The van der Waals surface area contributed by atoms with Crippen molar-refractivity contribution in [1.29, 1.82) is 0 Å². The number of nitrogens with zero attached hydrogens (tertiary/aromatic N) is 2. The Bertz CT molecular complexity index is 912. The average molecular weight is 388 g/mol. The molecule has 0 radical (unpaired) electrons. The minimum Gasteiger partial charge on any atom is -0.497 e. The van der Waals surface area contributed by atoms with Gasteiger partial charge in [0.2, 0.25) is 5.91 Å². The molecule has 2 amide bonds. The zero-order chi connectivity index (χ0) is 19.6. The first-order chi connectivity index (χ1) is 12.9. The number of benzene rings is 2. The van der Waals surface area contributed by atoms with Gasteiger partial charge in [-0.2, -0.15) is 5.10 Å². The SMILES string of the molecule is COc1ccc(C2C(=O)NC(c3ccc(Cl)cc3)=NN2C(C)=O)c(OC)c1. The molecule has 1 unspecified atom stereocenters. The van der Waals surface area contributed by atoms with Gasteiger partial charge in [0, 0.05) is 29.1 Å². The van der Waals surface area contributed by atoms with Crippen LogP contribution in [0.3, 0.4) is 0 Å². The number of halogens is 1. The molecule has 2 aromatic carbocycles. The van der Waals surface area contributed by atoms with Gasteiger partial charge < -0.3 is 14.8 Å². The number of nitrogens with one attached hydrogen (secondary N) is 1. The van der Waals surface area contributed by atoms with E-state index in [4.69, 9.17) is 21.1 Å². The molecule has 0 saturated carbocycles. The highest BCUT2D eigenvalue weighted by Crippen LogP contribution is 2.34. The molecule has 27 heavy (non-hydrogen) atoms. The fourth-order valence-corrected chi connectivity index (χ4v) is 2.92. The predicted octanol–water partition coefficient (Wildman–Crippen LogP) is 2.74. The van der Waals surface area contributed by atoms with Crippen molar-refractivity contribution in [3.63, 3.8) is 0 Å². The molecule has 1 N–H and O–H groups in total. The number of rotatable bonds is 4. The van der Waals surface area contributed by atoms with E-state index in [1.165, 1.54) is 21.1 Å². The first kappa shape index (κ1) is 18.7. The van der Waals surface area contributed by atoms with E-state index in [0.29, 0.717) is 27.6 Å². The van der Waals surface area contributed by atoms with Crippen molar-refractivity contribution in [3.8, 4) is 11.5 Å².